The van der Waals surface area contributed by atoms with Crippen molar-refractivity contribution in [3.63, 3.8) is 0 Å². The van der Waals surface area contributed by atoms with Gasteiger partial charge >= 0.3 is 6.03 Å². The first kappa shape index (κ1) is 16.2. The number of aliphatic hydroxyl groups is 1. The lowest BCUT2D eigenvalue weighted by Gasteiger charge is -2.26. The normalized spacial score (nSPS) is 21.2. The Hall–Kier alpha value is -2.15. The maximum atomic E-state index is 12.1. The molecule has 0 aliphatic heterocycles. The molecule has 7 nitrogen and oxygen atoms in total. The highest BCUT2D eigenvalue weighted by Crippen LogP contribution is 2.28. The van der Waals surface area contributed by atoms with Crippen LogP contribution in [0.15, 0.2) is 12.1 Å². The molecule has 0 unspecified atom stereocenters. The molecule has 0 radical (unpaired) electrons. The van der Waals surface area contributed by atoms with Gasteiger partial charge in [0.05, 0.1) is 22.3 Å². The number of aliphatic hydroxyl groups excluding tert-OH is 1. The Balaban J connectivity index is 2.05. The lowest BCUT2D eigenvalue weighted by atomic mass is 9.93. The largest absolute Gasteiger partial charge is 0.393 e. The van der Waals surface area contributed by atoms with Crippen LogP contribution in [0.2, 0.25) is 0 Å². The molecule has 2 amide bonds. The van der Waals surface area contributed by atoms with Gasteiger partial charge in [0.2, 0.25) is 0 Å². The first-order valence-electron chi connectivity index (χ1n) is 7.38. The number of hydrogen-bond acceptors (Lipinski definition) is 4. The summed E-state index contributed by atoms with van der Waals surface area (Å²) in [5.74, 6) is 0. The highest BCUT2D eigenvalue weighted by molar-refractivity contribution is 5.92. The summed E-state index contributed by atoms with van der Waals surface area (Å²) in [4.78, 5) is 22.6. The molecule has 0 aromatic heterocycles. The van der Waals surface area contributed by atoms with Crippen LogP contribution in [-0.4, -0.2) is 28.2 Å². The quantitative estimate of drug-likeness (QED) is 0.589. The summed E-state index contributed by atoms with van der Waals surface area (Å²) >= 11 is 0. The predicted molar refractivity (Wildman–Crippen MR) is 83.0 cm³/mol. The second-order valence-corrected chi connectivity index (χ2v) is 5.76. The van der Waals surface area contributed by atoms with Gasteiger partial charge in [-0.05, 0) is 45.1 Å². The molecule has 120 valence electrons. The number of nitrogens with zero attached hydrogens (tertiary/aromatic N) is 1. The van der Waals surface area contributed by atoms with Gasteiger partial charge in [-0.1, -0.05) is 6.07 Å². The molecule has 1 aliphatic carbocycles. The fourth-order valence-electron chi connectivity index (χ4n) is 2.78. The van der Waals surface area contributed by atoms with Crippen molar-refractivity contribution in [3.8, 4) is 0 Å². The van der Waals surface area contributed by atoms with E-state index in [0.717, 1.165) is 18.4 Å². The number of hydrogen-bond donors (Lipinski definition) is 3. The highest BCUT2D eigenvalue weighted by Gasteiger charge is 2.22. The van der Waals surface area contributed by atoms with E-state index < -0.39 is 4.92 Å². The summed E-state index contributed by atoms with van der Waals surface area (Å²) in [7, 11) is 0. The van der Waals surface area contributed by atoms with Crippen LogP contribution in [0.1, 0.15) is 36.8 Å². The van der Waals surface area contributed by atoms with Crippen molar-refractivity contribution >= 4 is 17.4 Å². The van der Waals surface area contributed by atoms with Gasteiger partial charge in [-0.2, -0.15) is 0 Å². The van der Waals surface area contributed by atoms with E-state index in [9.17, 15) is 20.0 Å². The average Bonchev–Trinajstić information content (AvgIpc) is 2.45. The molecule has 0 heterocycles. The van der Waals surface area contributed by atoms with Gasteiger partial charge in [0.1, 0.15) is 0 Å². The molecule has 1 saturated carbocycles. The number of carbonyl (C=O) groups is 1. The van der Waals surface area contributed by atoms with Crippen molar-refractivity contribution in [1.29, 1.82) is 0 Å². The number of urea groups is 1. The Kier molecular flexibility index (Phi) is 4.97. The first-order valence-corrected chi connectivity index (χ1v) is 7.38. The van der Waals surface area contributed by atoms with Crippen LogP contribution in [0.3, 0.4) is 0 Å². The van der Waals surface area contributed by atoms with E-state index >= 15 is 0 Å². The smallest absolute Gasteiger partial charge is 0.319 e. The molecule has 0 bridgehead atoms. The zero-order chi connectivity index (χ0) is 16.3. The van der Waals surface area contributed by atoms with Crippen LogP contribution in [0, 0.1) is 24.0 Å². The molecule has 1 aliphatic rings. The van der Waals surface area contributed by atoms with Crippen molar-refractivity contribution < 1.29 is 14.8 Å². The minimum absolute atomic E-state index is 0.0123. The van der Waals surface area contributed by atoms with Gasteiger partial charge in [-0.15, -0.1) is 0 Å². The van der Waals surface area contributed by atoms with Gasteiger partial charge in [0, 0.05) is 12.1 Å². The Morgan fingerprint density at radius 2 is 1.91 bits per heavy atom. The van der Waals surface area contributed by atoms with Crippen molar-refractivity contribution in [3.05, 3.63) is 33.4 Å². The van der Waals surface area contributed by atoms with E-state index in [1.807, 2.05) is 0 Å². The molecular formula is C15H21N3O4. The van der Waals surface area contributed by atoms with Crippen molar-refractivity contribution in [2.45, 2.75) is 51.7 Å². The predicted octanol–water partition coefficient (Wildman–Crippen LogP) is 2.64. The zero-order valence-corrected chi connectivity index (χ0v) is 12.8. The van der Waals surface area contributed by atoms with E-state index in [-0.39, 0.29) is 23.9 Å². The molecule has 1 aromatic rings. The second-order valence-electron chi connectivity index (χ2n) is 5.76. The van der Waals surface area contributed by atoms with Crippen LogP contribution >= 0.6 is 0 Å². The molecular weight excluding hydrogens is 286 g/mol. The molecule has 0 saturated heterocycles. The van der Waals surface area contributed by atoms with Crippen LogP contribution in [0.4, 0.5) is 16.2 Å². The molecule has 7 heteroatoms. The maximum Gasteiger partial charge on any atom is 0.319 e. The number of rotatable bonds is 3. The van der Waals surface area contributed by atoms with Crippen LogP contribution in [-0.2, 0) is 0 Å². The standard InChI is InChI=1S/C15H21N3O4/c1-9-3-8-13(18(21)22)10(2)14(9)17-15(20)16-11-4-6-12(19)7-5-11/h3,8,11-12,19H,4-7H2,1-2H3,(H2,16,17,20). The van der Waals surface area contributed by atoms with Gasteiger partial charge in [0.25, 0.3) is 5.69 Å². The summed E-state index contributed by atoms with van der Waals surface area (Å²) in [6.07, 6.45) is 2.56. The van der Waals surface area contributed by atoms with Crippen LogP contribution in [0.5, 0.6) is 0 Å². The third-order valence-electron chi connectivity index (χ3n) is 4.11. The van der Waals surface area contributed by atoms with Crippen molar-refractivity contribution in [2.24, 2.45) is 0 Å². The number of carbonyl (C=O) groups excluding carboxylic acids is 1. The molecule has 0 spiro atoms. The fraction of sp³-hybridized carbons (Fsp3) is 0.533. The van der Waals surface area contributed by atoms with Crippen LogP contribution < -0.4 is 10.6 Å². The van der Waals surface area contributed by atoms with Gasteiger partial charge in [0.15, 0.2) is 0 Å². The monoisotopic (exact) mass is 307 g/mol. The highest BCUT2D eigenvalue weighted by atomic mass is 16.6. The minimum atomic E-state index is -0.458. The topological polar surface area (TPSA) is 105 Å². The number of amides is 2. The van der Waals surface area contributed by atoms with Crippen molar-refractivity contribution in [2.75, 3.05) is 5.32 Å². The number of nitro benzene ring substituents is 1. The molecule has 3 N–H and O–H groups in total. The molecule has 22 heavy (non-hydrogen) atoms. The SMILES string of the molecule is Cc1ccc([N+](=O)[O-])c(C)c1NC(=O)NC1CCC(O)CC1. The second kappa shape index (κ2) is 6.74. The number of nitrogens with one attached hydrogen (secondary N) is 2. The Morgan fingerprint density at radius 3 is 2.50 bits per heavy atom. The minimum Gasteiger partial charge on any atom is -0.393 e. The molecule has 1 fully saturated rings. The van der Waals surface area contributed by atoms with Crippen LogP contribution in [0.25, 0.3) is 0 Å². The van der Waals surface area contributed by atoms with E-state index in [4.69, 9.17) is 0 Å². The summed E-state index contributed by atoms with van der Waals surface area (Å²) in [5, 5.41) is 26.0. The number of benzene rings is 1. The fourth-order valence-corrected chi connectivity index (χ4v) is 2.78. The van der Waals surface area contributed by atoms with E-state index in [1.165, 1.54) is 6.07 Å². The van der Waals surface area contributed by atoms with E-state index in [1.54, 1.807) is 19.9 Å². The van der Waals surface area contributed by atoms with Gasteiger partial charge in [-0.25, -0.2) is 4.79 Å². The number of anilines is 1. The Labute approximate surface area is 128 Å². The molecule has 0 atom stereocenters. The Morgan fingerprint density at radius 1 is 1.27 bits per heavy atom. The average molecular weight is 307 g/mol. The summed E-state index contributed by atoms with van der Waals surface area (Å²) < 4.78 is 0. The molecule has 2 rings (SSSR count). The van der Waals surface area contributed by atoms with E-state index in [2.05, 4.69) is 10.6 Å². The number of nitro groups is 1. The summed E-state index contributed by atoms with van der Waals surface area (Å²) in [6.45, 7) is 3.42. The number of aryl methyl sites for hydroxylation is 1. The third-order valence-corrected chi connectivity index (χ3v) is 4.11. The maximum absolute atomic E-state index is 12.1. The molecule has 1 aromatic carbocycles. The lowest BCUT2D eigenvalue weighted by molar-refractivity contribution is -0.385. The third kappa shape index (κ3) is 3.73. The van der Waals surface area contributed by atoms with Gasteiger partial charge < -0.3 is 15.7 Å². The summed E-state index contributed by atoms with van der Waals surface area (Å²) in [5.41, 5.74) is 1.68. The summed E-state index contributed by atoms with van der Waals surface area (Å²) in [6, 6.07) is 2.73. The zero-order valence-electron chi connectivity index (χ0n) is 12.8. The first-order chi connectivity index (χ1) is 10.4. The van der Waals surface area contributed by atoms with Gasteiger partial charge in [-0.3, -0.25) is 10.1 Å². The Bertz CT molecular complexity index is 580. The lowest BCUT2D eigenvalue weighted by Crippen LogP contribution is -2.41. The van der Waals surface area contributed by atoms with Crippen molar-refractivity contribution in [1.82, 2.24) is 5.32 Å². The van der Waals surface area contributed by atoms with E-state index in [0.29, 0.717) is 24.1 Å².